The van der Waals surface area contributed by atoms with Crippen LogP contribution in [0.1, 0.15) is 55.6 Å². The maximum Gasteiger partial charge on any atom is 0.303 e. The Labute approximate surface area is 127 Å². The molecule has 1 unspecified atom stereocenters. The van der Waals surface area contributed by atoms with Crippen LogP contribution in [0.4, 0.5) is 0 Å². The zero-order chi connectivity index (χ0) is 14.9. The second-order valence-corrected chi connectivity index (χ2v) is 6.94. The molecular formula is C18H25NO2. The van der Waals surface area contributed by atoms with Gasteiger partial charge in [0.2, 0.25) is 0 Å². The van der Waals surface area contributed by atoms with Gasteiger partial charge in [-0.3, -0.25) is 4.79 Å². The predicted molar refractivity (Wildman–Crippen MR) is 83.3 cm³/mol. The Morgan fingerprint density at radius 1 is 1.29 bits per heavy atom. The van der Waals surface area contributed by atoms with Crippen molar-refractivity contribution < 1.29 is 9.90 Å². The van der Waals surface area contributed by atoms with E-state index in [0.29, 0.717) is 12.3 Å². The van der Waals surface area contributed by atoms with Crippen LogP contribution in [0.2, 0.25) is 0 Å². The minimum absolute atomic E-state index is 0.0468. The maximum atomic E-state index is 11.5. The summed E-state index contributed by atoms with van der Waals surface area (Å²) < 4.78 is 0. The molecule has 3 rings (SSSR count). The number of carboxylic acids is 1. The van der Waals surface area contributed by atoms with E-state index in [9.17, 15) is 9.90 Å². The van der Waals surface area contributed by atoms with Crippen molar-refractivity contribution in [1.82, 2.24) is 4.90 Å². The van der Waals surface area contributed by atoms with E-state index in [4.69, 9.17) is 0 Å². The molecule has 0 amide bonds. The molecule has 1 aliphatic heterocycles. The van der Waals surface area contributed by atoms with Crippen molar-refractivity contribution in [2.75, 3.05) is 13.6 Å². The number of nitrogens with zero attached hydrogens (tertiary/aromatic N) is 1. The summed E-state index contributed by atoms with van der Waals surface area (Å²) in [6.07, 6.45) is 6.05. The van der Waals surface area contributed by atoms with Gasteiger partial charge in [-0.15, -0.1) is 0 Å². The Morgan fingerprint density at radius 2 is 2.00 bits per heavy atom. The van der Waals surface area contributed by atoms with E-state index in [1.165, 1.54) is 30.4 Å². The number of aliphatic carboxylic acids is 1. The molecule has 21 heavy (non-hydrogen) atoms. The molecule has 0 saturated heterocycles. The van der Waals surface area contributed by atoms with Gasteiger partial charge in [0, 0.05) is 19.0 Å². The summed E-state index contributed by atoms with van der Waals surface area (Å²) in [5.41, 5.74) is 2.74. The highest BCUT2D eigenvalue weighted by Gasteiger charge is 2.44. The first-order chi connectivity index (χ1) is 10.1. The van der Waals surface area contributed by atoms with Gasteiger partial charge in [-0.05, 0) is 36.4 Å². The zero-order valence-corrected chi connectivity index (χ0v) is 12.8. The third-order valence-electron chi connectivity index (χ3n) is 5.46. The molecule has 1 aliphatic carbocycles. The largest absolute Gasteiger partial charge is 0.481 e. The highest BCUT2D eigenvalue weighted by molar-refractivity contribution is 5.68. The molecule has 1 aromatic rings. The number of likely N-dealkylation sites (N-methyl/N-ethyl adjacent to an activating group) is 1. The number of hydrogen-bond donors (Lipinski definition) is 1. The average molecular weight is 287 g/mol. The van der Waals surface area contributed by atoms with Crippen LogP contribution in [-0.2, 0) is 11.3 Å². The minimum Gasteiger partial charge on any atom is -0.481 e. The molecule has 1 atom stereocenters. The van der Waals surface area contributed by atoms with Crippen molar-refractivity contribution in [3.63, 3.8) is 0 Å². The minimum atomic E-state index is -0.636. The molecule has 1 saturated carbocycles. The van der Waals surface area contributed by atoms with E-state index in [1.54, 1.807) is 0 Å². The highest BCUT2D eigenvalue weighted by Crippen LogP contribution is 2.52. The van der Waals surface area contributed by atoms with Gasteiger partial charge in [0.25, 0.3) is 0 Å². The van der Waals surface area contributed by atoms with Crippen LogP contribution in [-0.4, -0.2) is 29.6 Å². The SMILES string of the molecule is CN1Cc2ccccc2C(C2(CC(=O)O)CCCCC2)C1. The number of hydrogen-bond acceptors (Lipinski definition) is 2. The fourth-order valence-electron chi connectivity index (χ4n) is 4.51. The highest BCUT2D eigenvalue weighted by atomic mass is 16.4. The lowest BCUT2D eigenvalue weighted by atomic mass is 9.60. The Kier molecular flexibility index (Phi) is 4.03. The van der Waals surface area contributed by atoms with Crippen LogP contribution in [0.5, 0.6) is 0 Å². The molecule has 114 valence electrons. The van der Waals surface area contributed by atoms with Gasteiger partial charge in [-0.2, -0.15) is 0 Å². The van der Waals surface area contributed by atoms with Crippen molar-refractivity contribution in [1.29, 1.82) is 0 Å². The Balaban J connectivity index is 2.00. The Hall–Kier alpha value is -1.35. The summed E-state index contributed by atoms with van der Waals surface area (Å²) in [6.45, 7) is 1.97. The molecule has 1 aromatic carbocycles. The Morgan fingerprint density at radius 3 is 2.71 bits per heavy atom. The van der Waals surface area contributed by atoms with E-state index in [0.717, 1.165) is 25.9 Å². The van der Waals surface area contributed by atoms with Gasteiger partial charge < -0.3 is 10.0 Å². The summed E-state index contributed by atoms with van der Waals surface area (Å²) in [7, 11) is 2.15. The van der Waals surface area contributed by atoms with Gasteiger partial charge in [0.15, 0.2) is 0 Å². The van der Waals surface area contributed by atoms with Gasteiger partial charge >= 0.3 is 5.97 Å². The van der Waals surface area contributed by atoms with Crippen molar-refractivity contribution in [2.45, 2.75) is 51.0 Å². The van der Waals surface area contributed by atoms with Gasteiger partial charge in [-0.25, -0.2) is 0 Å². The van der Waals surface area contributed by atoms with E-state index < -0.39 is 5.97 Å². The molecule has 1 fully saturated rings. The molecular weight excluding hydrogens is 262 g/mol. The first-order valence-corrected chi connectivity index (χ1v) is 8.09. The van der Waals surface area contributed by atoms with E-state index in [1.807, 2.05) is 0 Å². The maximum absolute atomic E-state index is 11.5. The summed E-state index contributed by atoms with van der Waals surface area (Å²) in [6, 6.07) is 8.63. The lowest BCUT2D eigenvalue weighted by Gasteiger charge is -2.47. The van der Waals surface area contributed by atoms with Gasteiger partial charge in [0.1, 0.15) is 0 Å². The van der Waals surface area contributed by atoms with Gasteiger partial charge in [-0.1, -0.05) is 43.5 Å². The van der Waals surface area contributed by atoms with Crippen LogP contribution in [0, 0.1) is 5.41 Å². The summed E-state index contributed by atoms with van der Waals surface area (Å²) in [5.74, 6) is -0.272. The fraction of sp³-hybridized carbons (Fsp3) is 0.611. The topological polar surface area (TPSA) is 40.5 Å². The second kappa shape index (κ2) is 5.80. The van der Waals surface area contributed by atoms with Crippen molar-refractivity contribution in [3.8, 4) is 0 Å². The molecule has 0 bridgehead atoms. The molecule has 0 spiro atoms. The zero-order valence-electron chi connectivity index (χ0n) is 12.8. The van der Waals surface area contributed by atoms with E-state index in [2.05, 4.69) is 36.2 Å². The monoisotopic (exact) mass is 287 g/mol. The smallest absolute Gasteiger partial charge is 0.303 e. The standard InChI is InChI=1S/C18H25NO2/c1-19-12-14-7-3-4-8-15(14)16(13-19)18(11-17(20)21)9-5-2-6-10-18/h3-4,7-8,16H,2,5-6,9-13H2,1H3,(H,20,21). The lowest BCUT2D eigenvalue weighted by Crippen LogP contribution is -2.42. The summed E-state index contributed by atoms with van der Waals surface area (Å²) >= 11 is 0. The number of fused-ring (bicyclic) bond motifs is 1. The van der Waals surface area contributed by atoms with E-state index >= 15 is 0 Å². The number of benzene rings is 1. The number of carbonyl (C=O) groups is 1. The van der Waals surface area contributed by atoms with Gasteiger partial charge in [0.05, 0.1) is 6.42 Å². The lowest BCUT2D eigenvalue weighted by molar-refractivity contribution is -0.141. The quantitative estimate of drug-likeness (QED) is 0.922. The molecule has 2 aliphatic rings. The molecule has 0 radical (unpaired) electrons. The fourth-order valence-corrected chi connectivity index (χ4v) is 4.51. The third-order valence-corrected chi connectivity index (χ3v) is 5.46. The Bertz CT molecular complexity index is 520. The molecule has 1 N–H and O–H groups in total. The average Bonchev–Trinajstić information content (AvgIpc) is 2.46. The second-order valence-electron chi connectivity index (χ2n) is 6.94. The van der Waals surface area contributed by atoms with Crippen molar-refractivity contribution in [2.24, 2.45) is 5.41 Å². The van der Waals surface area contributed by atoms with Crippen LogP contribution in [0.15, 0.2) is 24.3 Å². The van der Waals surface area contributed by atoms with E-state index in [-0.39, 0.29) is 5.41 Å². The van der Waals surface area contributed by atoms with Crippen LogP contribution >= 0.6 is 0 Å². The molecule has 3 heteroatoms. The first kappa shape index (κ1) is 14.6. The number of rotatable bonds is 3. The molecule has 0 aromatic heterocycles. The van der Waals surface area contributed by atoms with Crippen molar-refractivity contribution >= 4 is 5.97 Å². The molecule has 3 nitrogen and oxygen atoms in total. The van der Waals surface area contributed by atoms with Crippen LogP contribution < -0.4 is 0 Å². The number of carboxylic acid groups (broad SMARTS) is 1. The van der Waals surface area contributed by atoms with Crippen LogP contribution in [0.3, 0.4) is 0 Å². The normalized spacial score (nSPS) is 25.3. The van der Waals surface area contributed by atoms with Crippen molar-refractivity contribution in [3.05, 3.63) is 35.4 Å². The molecule has 1 heterocycles. The third kappa shape index (κ3) is 2.84. The first-order valence-electron chi connectivity index (χ1n) is 8.09. The predicted octanol–water partition coefficient (Wildman–Crippen LogP) is 3.64. The summed E-state index contributed by atoms with van der Waals surface area (Å²) in [5, 5.41) is 9.46. The van der Waals surface area contributed by atoms with Crippen LogP contribution in [0.25, 0.3) is 0 Å². The summed E-state index contributed by atoms with van der Waals surface area (Å²) in [4.78, 5) is 13.8.